The third-order valence-corrected chi connectivity index (χ3v) is 7.99. The highest BCUT2D eigenvalue weighted by atomic mass is 16.1. The van der Waals surface area contributed by atoms with Gasteiger partial charge in [0.2, 0.25) is 5.91 Å². The van der Waals surface area contributed by atoms with E-state index in [1.165, 1.54) is 62.6 Å². The Bertz CT molecular complexity index is 710. The Morgan fingerprint density at radius 3 is 2.84 bits per heavy atom. The molecular formula is C22H30N2O. The Hall–Kier alpha value is -1.35. The molecule has 3 aliphatic carbocycles. The zero-order valence-electron chi connectivity index (χ0n) is 15.3. The summed E-state index contributed by atoms with van der Waals surface area (Å²) in [5, 5.41) is 0. The Balaban J connectivity index is 1.59. The van der Waals surface area contributed by atoms with Crippen LogP contribution in [0.15, 0.2) is 18.2 Å². The van der Waals surface area contributed by atoms with Gasteiger partial charge in [0.05, 0.1) is 0 Å². The van der Waals surface area contributed by atoms with E-state index in [1.807, 2.05) is 6.07 Å². The number of carbonyl (C=O) groups is 1. The van der Waals surface area contributed by atoms with Gasteiger partial charge in [-0.1, -0.05) is 18.9 Å². The first-order valence-corrected chi connectivity index (χ1v) is 10.3. The van der Waals surface area contributed by atoms with Crippen LogP contribution in [-0.2, 0) is 11.8 Å². The van der Waals surface area contributed by atoms with Crippen LogP contribution in [0.4, 0.5) is 0 Å². The molecule has 134 valence electrons. The van der Waals surface area contributed by atoms with E-state index >= 15 is 0 Å². The number of amides is 1. The first kappa shape index (κ1) is 15.9. The minimum Gasteiger partial charge on any atom is -0.366 e. The number of nitrogens with two attached hydrogens (primary N) is 1. The molecule has 1 amide bonds. The van der Waals surface area contributed by atoms with Gasteiger partial charge in [-0.25, -0.2) is 0 Å². The molecular weight excluding hydrogens is 308 g/mol. The normalized spacial score (nSPS) is 35.6. The summed E-state index contributed by atoms with van der Waals surface area (Å²) >= 11 is 0. The lowest BCUT2D eigenvalue weighted by atomic mass is 9.52. The van der Waals surface area contributed by atoms with E-state index in [2.05, 4.69) is 24.0 Å². The van der Waals surface area contributed by atoms with E-state index < -0.39 is 0 Å². The van der Waals surface area contributed by atoms with Crippen LogP contribution in [0.1, 0.15) is 73.4 Å². The number of primary amides is 1. The van der Waals surface area contributed by atoms with E-state index in [9.17, 15) is 4.79 Å². The van der Waals surface area contributed by atoms with Crippen LogP contribution in [0, 0.1) is 11.8 Å². The SMILES string of the molecule is C[C@H](C1CC1)N1CC[C@]23CCCCC2C1Cc1ccc(C(N)=O)cc13. The van der Waals surface area contributed by atoms with E-state index in [0.29, 0.717) is 17.0 Å². The lowest BCUT2D eigenvalue weighted by Crippen LogP contribution is -2.63. The molecule has 1 saturated heterocycles. The second-order valence-electron chi connectivity index (χ2n) is 9.08. The fourth-order valence-electron chi connectivity index (χ4n) is 6.54. The first-order chi connectivity index (χ1) is 12.1. The maximum Gasteiger partial charge on any atom is 0.248 e. The number of carbonyl (C=O) groups excluding carboxylic acids is 1. The molecule has 25 heavy (non-hydrogen) atoms. The van der Waals surface area contributed by atoms with Gasteiger partial charge in [0.25, 0.3) is 0 Å². The van der Waals surface area contributed by atoms with E-state index in [0.717, 1.165) is 24.3 Å². The zero-order valence-corrected chi connectivity index (χ0v) is 15.3. The first-order valence-electron chi connectivity index (χ1n) is 10.3. The molecule has 0 aromatic heterocycles. The molecule has 0 spiro atoms. The number of benzene rings is 1. The van der Waals surface area contributed by atoms with E-state index in [-0.39, 0.29) is 5.91 Å². The van der Waals surface area contributed by atoms with Gasteiger partial charge in [0.15, 0.2) is 0 Å². The van der Waals surface area contributed by atoms with Crippen LogP contribution in [0.5, 0.6) is 0 Å². The minimum absolute atomic E-state index is 0.284. The third-order valence-electron chi connectivity index (χ3n) is 7.99. The van der Waals surface area contributed by atoms with Crippen LogP contribution in [0.2, 0.25) is 0 Å². The molecule has 3 heteroatoms. The van der Waals surface area contributed by atoms with Crippen molar-refractivity contribution in [1.82, 2.24) is 4.90 Å². The van der Waals surface area contributed by atoms with Gasteiger partial charge in [0, 0.05) is 23.1 Å². The molecule has 1 aliphatic heterocycles. The quantitative estimate of drug-likeness (QED) is 0.914. The number of rotatable bonds is 3. The zero-order chi connectivity index (χ0) is 17.2. The summed E-state index contributed by atoms with van der Waals surface area (Å²) in [6.07, 6.45) is 10.7. The molecule has 4 atom stereocenters. The molecule has 2 unspecified atom stereocenters. The third kappa shape index (κ3) is 2.31. The summed E-state index contributed by atoms with van der Waals surface area (Å²) < 4.78 is 0. The van der Waals surface area contributed by atoms with Crippen LogP contribution in [0.25, 0.3) is 0 Å². The Labute approximate surface area is 151 Å². The molecule has 2 saturated carbocycles. The summed E-state index contributed by atoms with van der Waals surface area (Å²) in [5.41, 5.74) is 9.56. The summed E-state index contributed by atoms with van der Waals surface area (Å²) in [7, 11) is 0. The number of hydrogen-bond donors (Lipinski definition) is 1. The van der Waals surface area contributed by atoms with Crippen molar-refractivity contribution in [1.29, 1.82) is 0 Å². The van der Waals surface area contributed by atoms with Gasteiger partial charge in [-0.2, -0.15) is 0 Å². The number of nitrogens with zero attached hydrogens (tertiary/aromatic N) is 1. The average Bonchev–Trinajstić information content (AvgIpc) is 3.46. The number of piperidine rings is 1. The van der Waals surface area contributed by atoms with Gasteiger partial charge in [-0.15, -0.1) is 0 Å². The molecule has 2 bridgehead atoms. The molecule has 0 radical (unpaired) electrons. The summed E-state index contributed by atoms with van der Waals surface area (Å²) in [6, 6.07) is 7.77. The number of fused-ring (bicyclic) bond motifs is 1. The van der Waals surface area contributed by atoms with Gasteiger partial charge >= 0.3 is 0 Å². The standard InChI is InChI=1S/C22H30N2O/c1-14(15-5-6-15)24-11-10-22-9-3-2-4-18(22)20(24)13-16-7-8-17(21(23)25)12-19(16)22/h7-8,12,14-15,18,20H,2-6,9-11,13H2,1H3,(H2,23,25)/t14-,18?,20?,22-/m1/s1. The van der Waals surface area contributed by atoms with E-state index in [1.54, 1.807) is 0 Å². The number of hydrogen-bond acceptors (Lipinski definition) is 2. The monoisotopic (exact) mass is 338 g/mol. The van der Waals surface area contributed by atoms with Crippen molar-refractivity contribution in [3.05, 3.63) is 34.9 Å². The predicted molar refractivity (Wildman–Crippen MR) is 99.6 cm³/mol. The molecule has 1 aromatic carbocycles. The topological polar surface area (TPSA) is 46.3 Å². The second kappa shape index (κ2) is 5.57. The van der Waals surface area contributed by atoms with Crippen LogP contribution >= 0.6 is 0 Å². The summed E-state index contributed by atoms with van der Waals surface area (Å²) in [5.74, 6) is 1.43. The van der Waals surface area contributed by atoms with Crippen LogP contribution < -0.4 is 5.73 Å². The Kier molecular flexibility index (Phi) is 3.54. The molecule has 5 rings (SSSR count). The fraction of sp³-hybridized carbons (Fsp3) is 0.682. The van der Waals surface area contributed by atoms with E-state index in [4.69, 9.17) is 5.73 Å². The molecule has 2 N–H and O–H groups in total. The molecule has 1 aromatic rings. The molecule has 1 heterocycles. The lowest BCUT2D eigenvalue weighted by Gasteiger charge is -2.60. The molecule has 3 nitrogen and oxygen atoms in total. The van der Waals surface area contributed by atoms with Gasteiger partial charge in [-0.05, 0) is 87.1 Å². The highest BCUT2D eigenvalue weighted by Gasteiger charge is 2.55. The van der Waals surface area contributed by atoms with Crippen LogP contribution in [-0.4, -0.2) is 29.4 Å². The van der Waals surface area contributed by atoms with Crippen LogP contribution in [0.3, 0.4) is 0 Å². The van der Waals surface area contributed by atoms with Crippen molar-refractivity contribution in [3.63, 3.8) is 0 Å². The largest absolute Gasteiger partial charge is 0.366 e. The van der Waals surface area contributed by atoms with Crippen molar-refractivity contribution in [2.24, 2.45) is 17.6 Å². The van der Waals surface area contributed by atoms with Gasteiger partial charge < -0.3 is 5.73 Å². The van der Waals surface area contributed by atoms with Crippen molar-refractivity contribution in [3.8, 4) is 0 Å². The lowest BCUT2D eigenvalue weighted by molar-refractivity contribution is -0.0343. The van der Waals surface area contributed by atoms with Crippen molar-refractivity contribution in [2.45, 2.75) is 75.8 Å². The fourth-order valence-corrected chi connectivity index (χ4v) is 6.54. The molecule has 3 fully saturated rings. The van der Waals surface area contributed by atoms with Crippen molar-refractivity contribution < 1.29 is 4.79 Å². The van der Waals surface area contributed by atoms with Gasteiger partial charge in [-0.3, -0.25) is 9.69 Å². The maximum atomic E-state index is 11.8. The van der Waals surface area contributed by atoms with Crippen molar-refractivity contribution >= 4 is 5.91 Å². The highest BCUT2D eigenvalue weighted by Crippen LogP contribution is 2.56. The summed E-state index contributed by atoms with van der Waals surface area (Å²) in [6.45, 7) is 3.71. The smallest absolute Gasteiger partial charge is 0.248 e. The predicted octanol–water partition coefficient (Wildman–Crippen LogP) is 3.64. The van der Waals surface area contributed by atoms with Crippen molar-refractivity contribution in [2.75, 3.05) is 6.54 Å². The second-order valence-corrected chi connectivity index (χ2v) is 9.08. The minimum atomic E-state index is -0.284. The van der Waals surface area contributed by atoms with Gasteiger partial charge in [0.1, 0.15) is 0 Å². The molecule has 4 aliphatic rings. The Morgan fingerprint density at radius 2 is 2.08 bits per heavy atom. The highest BCUT2D eigenvalue weighted by molar-refractivity contribution is 5.93. The summed E-state index contributed by atoms with van der Waals surface area (Å²) in [4.78, 5) is 14.6. The Morgan fingerprint density at radius 1 is 1.24 bits per heavy atom. The average molecular weight is 338 g/mol. The number of likely N-dealkylation sites (tertiary alicyclic amines) is 1. The maximum absolute atomic E-state index is 11.8.